The van der Waals surface area contributed by atoms with Crippen molar-refractivity contribution < 1.29 is 22.5 Å². The smallest absolute Gasteiger partial charge is 0.399 e. The van der Waals surface area contributed by atoms with Crippen molar-refractivity contribution in [2.45, 2.75) is 45.1 Å². The average Bonchev–Trinajstić information content (AvgIpc) is 2.75. The first-order chi connectivity index (χ1) is 11.5. The molecule has 0 saturated carbocycles. The van der Waals surface area contributed by atoms with Crippen molar-refractivity contribution in [3.63, 3.8) is 0 Å². The molecule has 1 aromatic carbocycles. The molecule has 25 heavy (non-hydrogen) atoms. The summed E-state index contributed by atoms with van der Waals surface area (Å²) in [6, 6.07) is 9.08. The number of aromatic nitrogens is 1. The van der Waals surface area contributed by atoms with E-state index in [4.69, 9.17) is 9.31 Å². The minimum Gasteiger partial charge on any atom is -0.399 e. The minimum absolute atomic E-state index is 0.236. The second kappa shape index (κ2) is 5.85. The number of nitrogens with zero attached hydrogens (tertiary/aromatic N) is 1. The van der Waals surface area contributed by atoms with E-state index < -0.39 is 30.1 Å². The molecule has 0 N–H and O–H groups in total. The van der Waals surface area contributed by atoms with Crippen molar-refractivity contribution in [3.8, 4) is 11.3 Å². The number of rotatable bonds is 2. The summed E-state index contributed by atoms with van der Waals surface area (Å²) in [6.07, 6.45) is -3.25. The van der Waals surface area contributed by atoms with Gasteiger partial charge in [0.25, 0.3) is 0 Å². The van der Waals surface area contributed by atoms with Gasteiger partial charge in [-0.25, -0.2) is 0 Å². The lowest BCUT2D eigenvalue weighted by Gasteiger charge is -2.32. The van der Waals surface area contributed by atoms with Crippen molar-refractivity contribution in [1.29, 1.82) is 0 Å². The van der Waals surface area contributed by atoms with Crippen LogP contribution in [0, 0.1) is 0 Å². The molecule has 1 fully saturated rings. The summed E-state index contributed by atoms with van der Waals surface area (Å²) in [6.45, 7) is 7.71. The van der Waals surface area contributed by atoms with Gasteiger partial charge in [0.1, 0.15) is 0 Å². The van der Waals surface area contributed by atoms with E-state index in [0.29, 0.717) is 11.0 Å². The molecule has 1 aromatic heterocycles. The van der Waals surface area contributed by atoms with Crippen molar-refractivity contribution in [1.82, 2.24) is 4.98 Å². The van der Waals surface area contributed by atoms with Crippen LogP contribution in [0.5, 0.6) is 0 Å². The first kappa shape index (κ1) is 18.0. The topological polar surface area (TPSA) is 31.4 Å². The lowest BCUT2D eigenvalue weighted by atomic mass is 9.75. The third-order valence-electron chi connectivity index (χ3n) is 4.83. The summed E-state index contributed by atoms with van der Waals surface area (Å²) >= 11 is 0. The number of pyridine rings is 1. The Balaban J connectivity index is 2.04. The number of alkyl halides is 3. The maximum atomic E-state index is 13.0. The van der Waals surface area contributed by atoms with Crippen LogP contribution < -0.4 is 5.46 Å². The molecule has 0 bridgehead atoms. The first-order valence-electron chi connectivity index (χ1n) is 7.99. The number of halogens is 3. The van der Waals surface area contributed by atoms with E-state index in [9.17, 15) is 13.2 Å². The highest BCUT2D eigenvalue weighted by atomic mass is 19.4. The van der Waals surface area contributed by atoms with Crippen LogP contribution in [0.4, 0.5) is 13.2 Å². The fourth-order valence-corrected chi connectivity index (χ4v) is 2.66. The van der Waals surface area contributed by atoms with Crippen LogP contribution >= 0.6 is 0 Å². The SMILES string of the molecule is CC1(C)OB(c2ccccc2-c2cc(C(F)(F)F)ccn2)OC1(C)C. The van der Waals surface area contributed by atoms with E-state index >= 15 is 0 Å². The van der Waals surface area contributed by atoms with Crippen molar-refractivity contribution >= 4 is 12.6 Å². The summed E-state index contributed by atoms with van der Waals surface area (Å²) < 4.78 is 51.1. The third kappa shape index (κ3) is 3.31. The Morgan fingerprint density at radius 1 is 0.960 bits per heavy atom. The lowest BCUT2D eigenvalue weighted by Crippen LogP contribution is -2.41. The number of benzene rings is 1. The molecule has 7 heteroatoms. The Bertz CT molecular complexity index is 774. The molecule has 0 atom stereocenters. The highest BCUT2D eigenvalue weighted by Gasteiger charge is 2.52. The monoisotopic (exact) mass is 349 g/mol. The second-order valence-electron chi connectivity index (χ2n) is 7.10. The maximum absolute atomic E-state index is 13.0. The van der Waals surface area contributed by atoms with Gasteiger partial charge in [0.15, 0.2) is 0 Å². The summed E-state index contributed by atoms with van der Waals surface area (Å²) in [5.74, 6) is 0. The minimum atomic E-state index is -4.42. The van der Waals surface area contributed by atoms with Crippen LogP contribution in [0.25, 0.3) is 11.3 Å². The normalized spacial score (nSPS) is 19.2. The van der Waals surface area contributed by atoms with Gasteiger partial charge in [0.2, 0.25) is 0 Å². The van der Waals surface area contributed by atoms with Gasteiger partial charge >= 0.3 is 13.3 Å². The standard InChI is InChI=1S/C18H19BF3NO2/c1-16(2)17(3,4)25-19(24-16)14-8-6-5-7-13(14)15-11-12(9-10-23-15)18(20,21)22/h5-11H,1-4H3. The molecule has 2 heterocycles. The molecule has 1 aliphatic heterocycles. The summed E-state index contributed by atoms with van der Waals surface area (Å²) in [7, 11) is -0.669. The van der Waals surface area contributed by atoms with Gasteiger partial charge in [-0.05, 0) is 50.9 Å². The highest BCUT2D eigenvalue weighted by Crippen LogP contribution is 2.37. The molecular weight excluding hydrogens is 330 g/mol. The maximum Gasteiger partial charge on any atom is 0.495 e. The Kier molecular flexibility index (Phi) is 4.20. The predicted octanol–water partition coefficient (Wildman–Crippen LogP) is 4.07. The number of hydrogen-bond donors (Lipinski definition) is 0. The molecule has 0 spiro atoms. The van der Waals surface area contributed by atoms with E-state index in [0.717, 1.165) is 12.1 Å². The van der Waals surface area contributed by atoms with Crippen LogP contribution in [0.2, 0.25) is 0 Å². The predicted molar refractivity (Wildman–Crippen MR) is 90.4 cm³/mol. The summed E-state index contributed by atoms with van der Waals surface area (Å²) in [5, 5.41) is 0. The quantitative estimate of drug-likeness (QED) is 0.766. The Morgan fingerprint density at radius 2 is 1.56 bits per heavy atom. The van der Waals surface area contributed by atoms with Crippen LogP contribution in [-0.4, -0.2) is 23.3 Å². The Hall–Kier alpha value is -1.86. The molecular formula is C18H19BF3NO2. The fraction of sp³-hybridized carbons (Fsp3) is 0.389. The van der Waals surface area contributed by atoms with E-state index in [1.165, 1.54) is 6.20 Å². The van der Waals surface area contributed by atoms with E-state index in [-0.39, 0.29) is 5.69 Å². The molecule has 1 saturated heterocycles. The van der Waals surface area contributed by atoms with Crippen molar-refractivity contribution in [2.24, 2.45) is 0 Å². The lowest BCUT2D eigenvalue weighted by molar-refractivity contribution is -0.137. The molecule has 3 rings (SSSR count). The zero-order valence-electron chi connectivity index (χ0n) is 14.5. The van der Waals surface area contributed by atoms with Gasteiger partial charge in [-0.3, -0.25) is 4.98 Å². The molecule has 3 nitrogen and oxygen atoms in total. The first-order valence-corrected chi connectivity index (χ1v) is 7.99. The largest absolute Gasteiger partial charge is 0.495 e. The Morgan fingerprint density at radius 3 is 2.16 bits per heavy atom. The van der Waals surface area contributed by atoms with Crippen LogP contribution in [0.15, 0.2) is 42.6 Å². The van der Waals surface area contributed by atoms with Crippen LogP contribution in [-0.2, 0) is 15.5 Å². The molecule has 0 amide bonds. The Labute approximate surface area is 145 Å². The van der Waals surface area contributed by atoms with Gasteiger partial charge in [-0.1, -0.05) is 24.3 Å². The van der Waals surface area contributed by atoms with Gasteiger partial charge in [0, 0.05) is 6.20 Å². The van der Waals surface area contributed by atoms with Gasteiger partial charge < -0.3 is 9.31 Å². The summed E-state index contributed by atoms with van der Waals surface area (Å²) in [4.78, 5) is 4.12. The van der Waals surface area contributed by atoms with Crippen molar-refractivity contribution in [3.05, 3.63) is 48.2 Å². The fourth-order valence-electron chi connectivity index (χ4n) is 2.66. The van der Waals surface area contributed by atoms with Crippen LogP contribution in [0.1, 0.15) is 33.3 Å². The summed E-state index contributed by atoms with van der Waals surface area (Å²) in [5.41, 5.74) is -0.348. The molecule has 0 radical (unpaired) electrons. The molecule has 2 aromatic rings. The average molecular weight is 349 g/mol. The van der Waals surface area contributed by atoms with E-state index in [1.54, 1.807) is 24.3 Å². The molecule has 1 aliphatic rings. The second-order valence-corrected chi connectivity index (χ2v) is 7.10. The van der Waals surface area contributed by atoms with Gasteiger partial charge in [0.05, 0.1) is 22.5 Å². The highest BCUT2D eigenvalue weighted by molar-refractivity contribution is 6.63. The van der Waals surface area contributed by atoms with Crippen LogP contribution in [0.3, 0.4) is 0 Å². The van der Waals surface area contributed by atoms with E-state index in [1.807, 2.05) is 27.7 Å². The van der Waals surface area contributed by atoms with E-state index in [2.05, 4.69) is 4.98 Å². The third-order valence-corrected chi connectivity index (χ3v) is 4.83. The number of hydrogen-bond acceptors (Lipinski definition) is 3. The molecule has 132 valence electrons. The van der Waals surface area contributed by atoms with Gasteiger partial charge in [-0.15, -0.1) is 0 Å². The van der Waals surface area contributed by atoms with Gasteiger partial charge in [-0.2, -0.15) is 13.2 Å². The van der Waals surface area contributed by atoms with Crippen molar-refractivity contribution in [2.75, 3.05) is 0 Å². The molecule has 0 aliphatic carbocycles. The molecule has 0 unspecified atom stereocenters. The zero-order chi connectivity index (χ0) is 18.5. The zero-order valence-corrected chi connectivity index (χ0v) is 14.5.